The number of hydrogen-bond donors (Lipinski definition) is 1. The second kappa shape index (κ2) is 4.16. The molecule has 0 aromatic heterocycles. The monoisotopic (exact) mass is 240 g/mol. The predicted octanol–water partition coefficient (Wildman–Crippen LogP) is 2.00. The van der Waals surface area contributed by atoms with Crippen LogP contribution in [-0.4, -0.2) is 42.8 Å². The summed E-state index contributed by atoms with van der Waals surface area (Å²) in [6, 6.07) is 0.670. The lowest BCUT2D eigenvalue weighted by molar-refractivity contribution is 0.0169. The zero-order valence-electron chi connectivity index (χ0n) is 11.4. The first-order valence-electron chi connectivity index (χ1n) is 6.51. The molecule has 1 atom stereocenters. The van der Waals surface area contributed by atoms with Gasteiger partial charge in [-0.2, -0.15) is 0 Å². The molecule has 4 nitrogen and oxygen atoms in total. The number of carbonyl (C=O) groups excluding carboxylic acids is 1. The summed E-state index contributed by atoms with van der Waals surface area (Å²) in [6.07, 6.45) is 3.33. The zero-order valence-corrected chi connectivity index (χ0v) is 11.4. The molecule has 2 fully saturated rings. The zero-order chi connectivity index (χ0) is 12.7. The van der Waals surface area contributed by atoms with E-state index in [1.165, 1.54) is 6.42 Å². The van der Waals surface area contributed by atoms with Gasteiger partial charge in [0.25, 0.3) is 0 Å². The van der Waals surface area contributed by atoms with E-state index in [0.717, 1.165) is 25.9 Å². The van der Waals surface area contributed by atoms with Crippen LogP contribution in [0.4, 0.5) is 4.79 Å². The number of nitrogens with zero attached hydrogens (tertiary/aromatic N) is 1. The molecular formula is C13H24N2O2. The van der Waals surface area contributed by atoms with Gasteiger partial charge in [-0.1, -0.05) is 0 Å². The Balaban J connectivity index is 1.82. The van der Waals surface area contributed by atoms with E-state index < -0.39 is 0 Å². The minimum Gasteiger partial charge on any atom is -0.444 e. The fraction of sp³-hybridized carbons (Fsp3) is 0.923. The Hall–Kier alpha value is -0.770. The number of piperidine rings is 1. The van der Waals surface area contributed by atoms with Gasteiger partial charge in [-0.15, -0.1) is 0 Å². The number of amides is 1. The minimum atomic E-state index is -0.390. The molecule has 2 aliphatic rings. The standard InChI is InChI=1S/C13H24N2O2/c1-12(2,3)17-11(16)15-7-5-13(6-8-15)9-10(13)14-4/h10,14H,5-9H2,1-4H3. The summed E-state index contributed by atoms with van der Waals surface area (Å²) in [5.41, 5.74) is 0.0899. The predicted molar refractivity (Wildman–Crippen MR) is 66.9 cm³/mol. The maximum absolute atomic E-state index is 11.9. The lowest BCUT2D eigenvalue weighted by Crippen LogP contribution is -2.43. The summed E-state index contributed by atoms with van der Waals surface area (Å²) in [4.78, 5) is 13.7. The number of hydrogen-bond acceptors (Lipinski definition) is 3. The molecule has 1 aliphatic heterocycles. The number of rotatable bonds is 1. The van der Waals surface area contributed by atoms with Crippen molar-refractivity contribution >= 4 is 6.09 Å². The van der Waals surface area contributed by atoms with Crippen LogP contribution in [-0.2, 0) is 4.74 Å². The third-order valence-corrected chi connectivity index (χ3v) is 3.95. The van der Waals surface area contributed by atoms with E-state index in [2.05, 4.69) is 5.32 Å². The largest absolute Gasteiger partial charge is 0.444 e. The molecule has 0 aromatic carbocycles. The van der Waals surface area contributed by atoms with Crippen molar-refractivity contribution in [3.63, 3.8) is 0 Å². The average molecular weight is 240 g/mol. The Morgan fingerprint density at radius 3 is 2.35 bits per heavy atom. The summed E-state index contributed by atoms with van der Waals surface area (Å²) in [5, 5.41) is 3.35. The van der Waals surface area contributed by atoms with Crippen molar-refractivity contribution in [3.8, 4) is 0 Å². The summed E-state index contributed by atoms with van der Waals surface area (Å²) < 4.78 is 5.39. The SMILES string of the molecule is CNC1CC12CCN(C(=O)OC(C)(C)C)CC2. The second-order valence-electron chi connectivity index (χ2n) is 6.38. The number of likely N-dealkylation sites (tertiary alicyclic amines) is 1. The Bertz CT molecular complexity index is 301. The van der Waals surface area contributed by atoms with Crippen molar-refractivity contribution in [3.05, 3.63) is 0 Å². The third-order valence-electron chi connectivity index (χ3n) is 3.95. The highest BCUT2D eigenvalue weighted by Crippen LogP contribution is 2.53. The fourth-order valence-corrected chi connectivity index (χ4v) is 2.77. The minimum absolute atomic E-state index is 0.158. The van der Waals surface area contributed by atoms with Crippen LogP contribution < -0.4 is 5.32 Å². The Kier molecular flexibility index (Phi) is 3.10. The maximum atomic E-state index is 11.9. The highest BCUT2D eigenvalue weighted by Gasteiger charge is 2.54. The van der Waals surface area contributed by atoms with Crippen molar-refractivity contribution < 1.29 is 9.53 Å². The molecule has 1 spiro atoms. The molecule has 4 heteroatoms. The molecule has 1 heterocycles. The maximum Gasteiger partial charge on any atom is 0.410 e. The molecule has 1 amide bonds. The van der Waals surface area contributed by atoms with Crippen LogP contribution >= 0.6 is 0 Å². The van der Waals surface area contributed by atoms with E-state index in [1.807, 2.05) is 32.7 Å². The first kappa shape index (κ1) is 12.7. The fourth-order valence-electron chi connectivity index (χ4n) is 2.77. The van der Waals surface area contributed by atoms with Crippen LogP contribution in [0.25, 0.3) is 0 Å². The lowest BCUT2D eigenvalue weighted by Gasteiger charge is -2.34. The molecule has 1 aliphatic carbocycles. The normalized spacial score (nSPS) is 27.1. The third kappa shape index (κ3) is 2.73. The van der Waals surface area contributed by atoms with Gasteiger partial charge in [-0.05, 0) is 52.5 Å². The molecule has 17 heavy (non-hydrogen) atoms. The average Bonchev–Trinajstić information content (AvgIpc) is 2.90. The summed E-state index contributed by atoms with van der Waals surface area (Å²) in [6.45, 7) is 7.41. The van der Waals surface area contributed by atoms with Crippen molar-refractivity contribution in [1.82, 2.24) is 10.2 Å². The van der Waals surface area contributed by atoms with Gasteiger partial charge in [0.15, 0.2) is 0 Å². The van der Waals surface area contributed by atoms with E-state index in [-0.39, 0.29) is 11.7 Å². The molecule has 1 saturated heterocycles. The summed E-state index contributed by atoms with van der Waals surface area (Å²) in [5.74, 6) is 0. The quantitative estimate of drug-likeness (QED) is 0.762. The first-order chi connectivity index (χ1) is 7.86. The van der Waals surface area contributed by atoms with Crippen molar-refractivity contribution in [2.24, 2.45) is 5.41 Å². The molecule has 0 radical (unpaired) electrons. The smallest absolute Gasteiger partial charge is 0.410 e. The van der Waals surface area contributed by atoms with Crippen LogP contribution in [0.15, 0.2) is 0 Å². The van der Waals surface area contributed by atoms with Gasteiger partial charge in [-0.3, -0.25) is 0 Å². The Morgan fingerprint density at radius 2 is 1.94 bits per heavy atom. The van der Waals surface area contributed by atoms with Gasteiger partial charge in [0.1, 0.15) is 5.60 Å². The number of carbonyl (C=O) groups is 1. The van der Waals surface area contributed by atoms with E-state index in [4.69, 9.17) is 4.74 Å². The van der Waals surface area contributed by atoms with Gasteiger partial charge in [-0.25, -0.2) is 4.79 Å². The first-order valence-corrected chi connectivity index (χ1v) is 6.51. The van der Waals surface area contributed by atoms with Gasteiger partial charge < -0.3 is 15.0 Å². The summed E-state index contributed by atoms with van der Waals surface area (Å²) >= 11 is 0. The molecule has 0 bridgehead atoms. The lowest BCUT2D eigenvalue weighted by atomic mass is 9.93. The van der Waals surface area contributed by atoms with Gasteiger partial charge >= 0.3 is 6.09 Å². The van der Waals surface area contributed by atoms with Crippen molar-refractivity contribution in [1.29, 1.82) is 0 Å². The van der Waals surface area contributed by atoms with Crippen LogP contribution in [0.3, 0.4) is 0 Å². The van der Waals surface area contributed by atoms with E-state index in [0.29, 0.717) is 11.5 Å². The Labute approximate surface area is 104 Å². The van der Waals surface area contributed by atoms with Gasteiger partial charge in [0.05, 0.1) is 0 Å². The number of ether oxygens (including phenoxy) is 1. The molecular weight excluding hydrogens is 216 g/mol. The number of nitrogens with one attached hydrogen (secondary N) is 1. The van der Waals surface area contributed by atoms with Gasteiger partial charge in [0.2, 0.25) is 0 Å². The van der Waals surface area contributed by atoms with Crippen molar-refractivity contribution in [2.75, 3.05) is 20.1 Å². The topological polar surface area (TPSA) is 41.6 Å². The van der Waals surface area contributed by atoms with Crippen LogP contribution in [0.1, 0.15) is 40.0 Å². The Morgan fingerprint density at radius 1 is 1.35 bits per heavy atom. The molecule has 1 N–H and O–H groups in total. The second-order valence-corrected chi connectivity index (χ2v) is 6.38. The van der Waals surface area contributed by atoms with Crippen LogP contribution in [0, 0.1) is 5.41 Å². The van der Waals surface area contributed by atoms with Crippen LogP contribution in [0.2, 0.25) is 0 Å². The highest BCUT2D eigenvalue weighted by molar-refractivity contribution is 5.68. The van der Waals surface area contributed by atoms with Crippen LogP contribution in [0.5, 0.6) is 0 Å². The van der Waals surface area contributed by atoms with E-state index in [1.54, 1.807) is 0 Å². The van der Waals surface area contributed by atoms with Gasteiger partial charge in [0, 0.05) is 19.1 Å². The highest BCUT2D eigenvalue weighted by atomic mass is 16.6. The molecule has 1 unspecified atom stereocenters. The van der Waals surface area contributed by atoms with E-state index >= 15 is 0 Å². The van der Waals surface area contributed by atoms with Crippen molar-refractivity contribution in [2.45, 2.75) is 51.7 Å². The molecule has 1 saturated carbocycles. The molecule has 98 valence electrons. The van der Waals surface area contributed by atoms with E-state index in [9.17, 15) is 4.79 Å². The molecule has 2 rings (SSSR count). The molecule has 0 aromatic rings. The summed E-state index contributed by atoms with van der Waals surface area (Å²) in [7, 11) is 2.03.